The van der Waals surface area contributed by atoms with Crippen molar-refractivity contribution in [3.63, 3.8) is 0 Å². The Kier molecular flexibility index (Phi) is 4.51. The number of rotatable bonds is 2. The summed E-state index contributed by atoms with van der Waals surface area (Å²) in [5.41, 5.74) is 1.37. The zero-order chi connectivity index (χ0) is 12.1. The summed E-state index contributed by atoms with van der Waals surface area (Å²) >= 11 is 0. The van der Waals surface area contributed by atoms with Crippen LogP contribution in [0.25, 0.3) is 0 Å². The number of hydrogen-bond donors (Lipinski definition) is 1. The summed E-state index contributed by atoms with van der Waals surface area (Å²) in [6.07, 6.45) is 3.77. The Morgan fingerprint density at radius 1 is 1.18 bits per heavy atom. The maximum Gasteiger partial charge on any atom is 0.0271 e. The van der Waals surface area contributed by atoms with Crippen molar-refractivity contribution in [2.45, 2.75) is 20.4 Å². The van der Waals surface area contributed by atoms with Gasteiger partial charge in [0.2, 0.25) is 0 Å². The van der Waals surface area contributed by atoms with Gasteiger partial charge in [-0.3, -0.25) is 9.88 Å². The Bertz CT molecular complexity index is 313. The maximum absolute atomic E-state index is 4.07. The molecule has 0 radical (unpaired) electrons. The average molecular weight is 233 g/mol. The molecule has 0 amide bonds. The molecule has 94 valence electrons. The van der Waals surface area contributed by atoms with Gasteiger partial charge in [-0.15, -0.1) is 0 Å². The summed E-state index contributed by atoms with van der Waals surface area (Å²) < 4.78 is 0. The van der Waals surface area contributed by atoms with Gasteiger partial charge in [0.05, 0.1) is 0 Å². The highest BCUT2D eigenvalue weighted by molar-refractivity contribution is 5.09. The fourth-order valence-corrected chi connectivity index (χ4v) is 2.54. The molecule has 0 bridgehead atoms. The van der Waals surface area contributed by atoms with Gasteiger partial charge in [0.1, 0.15) is 0 Å². The second kappa shape index (κ2) is 6.12. The molecule has 17 heavy (non-hydrogen) atoms. The highest BCUT2D eigenvalue weighted by Gasteiger charge is 2.17. The molecule has 1 N–H and O–H groups in total. The molecule has 1 aliphatic heterocycles. The molecule has 3 nitrogen and oxygen atoms in total. The minimum atomic E-state index is 0.726. The number of nitrogens with zero attached hydrogens (tertiary/aromatic N) is 2. The topological polar surface area (TPSA) is 28.2 Å². The molecule has 1 aliphatic rings. The first kappa shape index (κ1) is 12.5. The molecule has 1 fully saturated rings. The Labute approximate surface area is 104 Å². The molecule has 0 aromatic carbocycles. The van der Waals surface area contributed by atoms with E-state index >= 15 is 0 Å². The smallest absolute Gasteiger partial charge is 0.0271 e. The summed E-state index contributed by atoms with van der Waals surface area (Å²) in [5.74, 6) is 1.45. The first-order valence-corrected chi connectivity index (χ1v) is 6.56. The van der Waals surface area contributed by atoms with Gasteiger partial charge in [-0.1, -0.05) is 13.8 Å². The molecule has 0 saturated carbocycles. The number of hydrogen-bond acceptors (Lipinski definition) is 3. The van der Waals surface area contributed by atoms with Crippen LogP contribution in [-0.4, -0.2) is 36.1 Å². The number of nitrogens with one attached hydrogen (secondary N) is 1. The molecule has 0 aliphatic carbocycles. The van der Waals surface area contributed by atoms with Gasteiger partial charge in [0.25, 0.3) is 0 Å². The van der Waals surface area contributed by atoms with E-state index in [1.165, 1.54) is 18.7 Å². The van der Waals surface area contributed by atoms with E-state index in [-0.39, 0.29) is 0 Å². The first-order chi connectivity index (χ1) is 8.24. The van der Waals surface area contributed by atoms with E-state index in [2.05, 4.69) is 41.2 Å². The molecule has 3 heteroatoms. The first-order valence-electron chi connectivity index (χ1n) is 6.56. The third-order valence-corrected chi connectivity index (χ3v) is 3.28. The van der Waals surface area contributed by atoms with Crippen molar-refractivity contribution in [3.05, 3.63) is 30.1 Å². The van der Waals surface area contributed by atoms with Crippen LogP contribution >= 0.6 is 0 Å². The van der Waals surface area contributed by atoms with Crippen LogP contribution in [-0.2, 0) is 6.54 Å². The van der Waals surface area contributed by atoms with Gasteiger partial charge < -0.3 is 5.32 Å². The lowest BCUT2D eigenvalue weighted by Crippen LogP contribution is -2.42. The van der Waals surface area contributed by atoms with Crippen LogP contribution in [0, 0.1) is 11.8 Å². The van der Waals surface area contributed by atoms with Gasteiger partial charge in [-0.2, -0.15) is 0 Å². The molecule has 2 heterocycles. The zero-order valence-corrected chi connectivity index (χ0v) is 10.9. The highest BCUT2D eigenvalue weighted by Crippen LogP contribution is 2.11. The minimum absolute atomic E-state index is 0.726. The van der Waals surface area contributed by atoms with Gasteiger partial charge >= 0.3 is 0 Å². The van der Waals surface area contributed by atoms with Crippen molar-refractivity contribution in [3.8, 4) is 0 Å². The SMILES string of the molecule is CC1CNCC(C)CN(Cc2ccncc2)C1. The van der Waals surface area contributed by atoms with Crippen LogP contribution in [0.2, 0.25) is 0 Å². The predicted octanol–water partition coefficient (Wildman–Crippen LogP) is 1.76. The number of aromatic nitrogens is 1. The van der Waals surface area contributed by atoms with E-state index in [1.54, 1.807) is 0 Å². The summed E-state index contributed by atoms with van der Waals surface area (Å²) in [4.78, 5) is 6.65. The molecule has 2 unspecified atom stereocenters. The standard InChI is InChI=1S/C14H23N3/c1-12-7-16-8-13(2)10-17(9-12)11-14-3-5-15-6-4-14/h3-6,12-13,16H,7-11H2,1-2H3. The third kappa shape index (κ3) is 4.10. The van der Waals surface area contributed by atoms with Crippen molar-refractivity contribution >= 4 is 0 Å². The van der Waals surface area contributed by atoms with E-state index < -0.39 is 0 Å². The van der Waals surface area contributed by atoms with E-state index in [9.17, 15) is 0 Å². The van der Waals surface area contributed by atoms with Gasteiger partial charge in [-0.05, 0) is 42.6 Å². The molecule has 1 saturated heterocycles. The predicted molar refractivity (Wildman–Crippen MR) is 70.7 cm³/mol. The quantitative estimate of drug-likeness (QED) is 0.843. The van der Waals surface area contributed by atoms with Crippen LogP contribution in [0.15, 0.2) is 24.5 Å². The minimum Gasteiger partial charge on any atom is -0.316 e. The lowest BCUT2D eigenvalue weighted by atomic mass is 10.0. The van der Waals surface area contributed by atoms with Gasteiger partial charge in [0, 0.05) is 32.0 Å². The molecule has 1 aromatic rings. The van der Waals surface area contributed by atoms with Crippen molar-refractivity contribution in [2.24, 2.45) is 11.8 Å². The largest absolute Gasteiger partial charge is 0.316 e. The molecule has 1 aromatic heterocycles. The summed E-state index contributed by atoms with van der Waals surface area (Å²) in [7, 11) is 0. The van der Waals surface area contributed by atoms with Gasteiger partial charge in [0.15, 0.2) is 0 Å². The Morgan fingerprint density at radius 2 is 1.76 bits per heavy atom. The summed E-state index contributed by atoms with van der Waals surface area (Å²) in [5, 5.41) is 3.53. The fourth-order valence-electron chi connectivity index (χ4n) is 2.54. The molecule has 2 atom stereocenters. The van der Waals surface area contributed by atoms with E-state index in [4.69, 9.17) is 0 Å². The van der Waals surface area contributed by atoms with Crippen LogP contribution in [0.1, 0.15) is 19.4 Å². The van der Waals surface area contributed by atoms with Crippen molar-refractivity contribution in [1.29, 1.82) is 0 Å². The zero-order valence-electron chi connectivity index (χ0n) is 10.9. The van der Waals surface area contributed by atoms with E-state index in [1.807, 2.05) is 12.4 Å². The van der Waals surface area contributed by atoms with E-state index in [0.29, 0.717) is 0 Å². The molecular formula is C14H23N3. The Morgan fingerprint density at radius 3 is 2.35 bits per heavy atom. The lowest BCUT2D eigenvalue weighted by molar-refractivity contribution is 0.178. The van der Waals surface area contributed by atoms with Crippen LogP contribution in [0.3, 0.4) is 0 Å². The average Bonchev–Trinajstić information content (AvgIpc) is 2.28. The van der Waals surface area contributed by atoms with Crippen molar-refractivity contribution < 1.29 is 0 Å². The highest BCUT2D eigenvalue weighted by atomic mass is 15.1. The second-order valence-corrected chi connectivity index (χ2v) is 5.42. The van der Waals surface area contributed by atoms with Crippen LogP contribution in [0.5, 0.6) is 0 Å². The molecule has 0 spiro atoms. The monoisotopic (exact) mass is 233 g/mol. The third-order valence-electron chi connectivity index (χ3n) is 3.28. The summed E-state index contributed by atoms with van der Waals surface area (Å²) in [6.45, 7) is 10.3. The Hall–Kier alpha value is -0.930. The normalized spacial score (nSPS) is 27.4. The Balaban J connectivity index is 1.96. The second-order valence-electron chi connectivity index (χ2n) is 5.42. The van der Waals surface area contributed by atoms with E-state index in [0.717, 1.165) is 31.5 Å². The fraction of sp³-hybridized carbons (Fsp3) is 0.643. The van der Waals surface area contributed by atoms with Crippen molar-refractivity contribution in [1.82, 2.24) is 15.2 Å². The number of pyridine rings is 1. The maximum atomic E-state index is 4.07. The summed E-state index contributed by atoms with van der Waals surface area (Å²) in [6, 6.07) is 4.23. The van der Waals surface area contributed by atoms with Crippen molar-refractivity contribution in [2.75, 3.05) is 26.2 Å². The van der Waals surface area contributed by atoms with Gasteiger partial charge in [-0.25, -0.2) is 0 Å². The van der Waals surface area contributed by atoms with Crippen LogP contribution < -0.4 is 5.32 Å². The molecular weight excluding hydrogens is 210 g/mol. The van der Waals surface area contributed by atoms with Crippen LogP contribution in [0.4, 0.5) is 0 Å². The lowest BCUT2D eigenvalue weighted by Gasteiger charge is -2.31. The molecule has 2 rings (SSSR count).